The van der Waals surface area contributed by atoms with Crippen LogP contribution in [0.5, 0.6) is 0 Å². The van der Waals surface area contributed by atoms with Crippen LogP contribution >= 0.6 is 34.8 Å². The van der Waals surface area contributed by atoms with Crippen molar-refractivity contribution >= 4 is 62.3 Å². The van der Waals surface area contributed by atoms with Gasteiger partial charge in [-0.25, -0.2) is 8.42 Å². The second kappa shape index (κ2) is 13.3. The third kappa shape index (κ3) is 9.13. The van der Waals surface area contributed by atoms with E-state index in [4.69, 9.17) is 34.8 Å². The van der Waals surface area contributed by atoms with Gasteiger partial charge in [-0.3, -0.25) is 13.9 Å². The molecule has 0 saturated heterocycles. The number of sulfonamides is 1. The van der Waals surface area contributed by atoms with Crippen LogP contribution in [0.1, 0.15) is 31.9 Å². The van der Waals surface area contributed by atoms with Crippen molar-refractivity contribution in [1.82, 2.24) is 10.2 Å². The molecule has 3 rings (SSSR count). The molecule has 7 nitrogen and oxygen atoms in total. The van der Waals surface area contributed by atoms with Crippen molar-refractivity contribution < 1.29 is 18.0 Å². The van der Waals surface area contributed by atoms with Gasteiger partial charge >= 0.3 is 0 Å². The fraction of sp³-hybridized carbons (Fsp3) is 0.310. The Labute approximate surface area is 251 Å². The van der Waals surface area contributed by atoms with Gasteiger partial charge in [0.1, 0.15) is 12.6 Å². The fourth-order valence-corrected chi connectivity index (χ4v) is 5.48. The molecule has 0 unspecified atom stereocenters. The summed E-state index contributed by atoms with van der Waals surface area (Å²) in [6.07, 6.45) is 1.19. The molecule has 0 aliphatic heterocycles. The van der Waals surface area contributed by atoms with E-state index < -0.39 is 34.1 Å². The van der Waals surface area contributed by atoms with Crippen LogP contribution in [-0.4, -0.2) is 49.5 Å². The number of benzene rings is 3. The van der Waals surface area contributed by atoms with E-state index in [0.717, 1.165) is 16.1 Å². The first-order valence-corrected chi connectivity index (χ1v) is 15.4. The Morgan fingerprint density at radius 3 is 2.05 bits per heavy atom. The van der Waals surface area contributed by atoms with Crippen LogP contribution in [0.15, 0.2) is 72.8 Å². The molecule has 0 aliphatic rings. The maximum Gasteiger partial charge on any atom is 0.244 e. The topological polar surface area (TPSA) is 86.8 Å². The smallest absolute Gasteiger partial charge is 0.244 e. The number of nitrogens with zero attached hydrogens (tertiary/aromatic N) is 2. The molecule has 11 heteroatoms. The number of amides is 2. The lowest BCUT2D eigenvalue weighted by molar-refractivity contribution is -0.140. The van der Waals surface area contributed by atoms with Gasteiger partial charge in [0.2, 0.25) is 21.8 Å². The molecule has 0 heterocycles. The van der Waals surface area contributed by atoms with Gasteiger partial charge in [-0.2, -0.15) is 0 Å². The van der Waals surface area contributed by atoms with Crippen LogP contribution in [0.25, 0.3) is 0 Å². The minimum atomic E-state index is -3.97. The zero-order chi connectivity index (χ0) is 29.7. The first-order chi connectivity index (χ1) is 18.6. The number of carbonyl (C=O) groups excluding carboxylic acids is 2. The third-order valence-corrected chi connectivity index (χ3v) is 7.82. The minimum absolute atomic E-state index is 0.0337. The van der Waals surface area contributed by atoms with Gasteiger partial charge in [0.25, 0.3) is 0 Å². The van der Waals surface area contributed by atoms with Gasteiger partial charge in [0.05, 0.1) is 17.0 Å². The highest BCUT2D eigenvalue weighted by molar-refractivity contribution is 7.92. The summed E-state index contributed by atoms with van der Waals surface area (Å²) in [6.45, 7) is 4.99. The average molecular weight is 625 g/mol. The van der Waals surface area contributed by atoms with Crippen molar-refractivity contribution in [3.05, 3.63) is 99.0 Å². The van der Waals surface area contributed by atoms with Crippen molar-refractivity contribution in [2.24, 2.45) is 0 Å². The summed E-state index contributed by atoms with van der Waals surface area (Å²) in [7, 11) is -3.97. The molecular weight excluding hydrogens is 593 g/mol. The molecule has 0 aromatic heterocycles. The summed E-state index contributed by atoms with van der Waals surface area (Å²) in [5.41, 5.74) is 1.04. The Bertz CT molecular complexity index is 1440. The van der Waals surface area contributed by atoms with Crippen molar-refractivity contribution in [3.63, 3.8) is 0 Å². The second-order valence-corrected chi connectivity index (χ2v) is 13.6. The molecule has 2 amide bonds. The molecule has 1 atom stereocenters. The van der Waals surface area contributed by atoms with Crippen LogP contribution in [0.2, 0.25) is 15.1 Å². The first-order valence-electron chi connectivity index (χ1n) is 12.5. The molecular formula is C29H32Cl3N3O4S. The Kier molecular flexibility index (Phi) is 10.5. The predicted octanol–water partition coefficient (Wildman–Crippen LogP) is 5.97. The first kappa shape index (κ1) is 31.7. The van der Waals surface area contributed by atoms with Crippen LogP contribution in [0.4, 0.5) is 5.69 Å². The van der Waals surface area contributed by atoms with E-state index in [2.05, 4.69) is 5.32 Å². The summed E-state index contributed by atoms with van der Waals surface area (Å²) in [6, 6.07) is 19.6. The highest BCUT2D eigenvalue weighted by Crippen LogP contribution is 2.31. The van der Waals surface area contributed by atoms with Crippen LogP contribution < -0.4 is 9.62 Å². The predicted molar refractivity (Wildman–Crippen MR) is 162 cm³/mol. The normalized spacial score (nSPS) is 12.5. The molecule has 1 N–H and O–H groups in total. The Balaban J connectivity index is 2.09. The molecule has 0 spiro atoms. The van der Waals surface area contributed by atoms with E-state index in [1.165, 1.54) is 23.1 Å². The molecule has 3 aromatic carbocycles. The molecule has 214 valence electrons. The van der Waals surface area contributed by atoms with Crippen LogP contribution in [0.3, 0.4) is 0 Å². The maximum absolute atomic E-state index is 14.1. The zero-order valence-corrected chi connectivity index (χ0v) is 25.8. The lowest BCUT2D eigenvalue weighted by Gasteiger charge is -2.35. The van der Waals surface area contributed by atoms with Gasteiger partial charge in [-0.15, -0.1) is 0 Å². The quantitative estimate of drug-likeness (QED) is 0.301. The van der Waals surface area contributed by atoms with Crippen molar-refractivity contribution in [1.29, 1.82) is 0 Å². The highest BCUT2D eigenvalue weighted by atomic mass is 35.5. The Morgan fingerprint density at radius 1 is 0.875 bits per heavy atom. The van der Waals surface area contributed by atoms with Gasteiger partial charge in [-0.05, 0) is 62.2 Å². The molecule has 0 saturated carbocycles. The second-order valence-electron chi connectivity index (χ2n) is 10.5. The molecule has 0 radical (unpaired) electrons. The summed E-state index contributed by atoms with van der Waals surface area (Å²) in [5, 5.41) is 3.86. The lowest BCUT2D eigenvalue weighted by Crippen LogP contribution is -2.56. The molecule has 0 bridgehead atoms. The van der Waals surface area contributed by atoms with Gasteiger partial charge in [0, 0.05) is 28.5 Å². The minimum Gasteiger partial charge on any atom is -0.350 e. The van der Waals surface area contributed by atoms with E-state index >= 15 is 0 Å². The number of rotatable bonds is 10. The van der Waals surface area contributed by atoms with Crippen LogP contribution in [0, 0.1) is 0 Å². The van der Waals surface area contributed by atoms with Gasteiger partial charge < -0.3 is 10.2 Å². The maximum atomic E-state index is 14.1. The SMILES string of the molecule is CC(C)(C)NC(=O)[C@@H](Cc1ccccc1)N(Cc1ccc(Cl)cc1)C(=O)CN(c1cc(Cl)ccc1Cl)S(C)(=O)=O. The zero-order valence-electron chi connectivity index (χ0n) is 22.7. The molecule has 3 aromatic rings. The number of halogens is 3. The third-order valence-electron chi connectivity index (χ3n) is 5.89. The van der Waals surface area contributed by atoms with Crippen molar-refractivity contribution in [2.75, 3.05) is 17.1 Å². The van der Waals surface area contributed by atoms with E-state index in [9.17, 15) is 18.0 Å². The highest BCUT2D eigenvalue weighted by Gasteiger charge is 2.34. The number of hydrogen-bond donors (Lipinski definition) is 1. The average Bonchev–Trinajstić information content (AvgIpc) is 2.86. The van der Waals surface area contributed by atoms with Crippen molar-refractivity contribution in [3.8, 4) is 0 Å². The number of hydrogen-bond acceptors (Lipinski definition) is 4. The molecule has 0 fully saturated rings. The molecule has 0 aliphatic carbocycles. The summed E-state index contributed by atoms with van der Waals surface area (Å²) in [5.74, 6) is -0.966. The van der Waals surface area contributed by atoms with Crippen molar-refractivity contribution in [2.45, 2.75) is 45.3 Å². The number of anilines is 1. The standard InChI is InChI=1S/C29H32Cl3N3O4S/c1-29(2,3)33-28(37)26(16-20-8-6-5-7-9-20)34(18-21-10-12-22(30)13-11-21)27(36)19-35(40(4,38)39)25-17-23(31)14-15-24(25)32/h5-15,17,26H,16,18-19H2,1-4H3,(H,33,37)/t26-/m1/s1. The van der Waals surface area contributed by atoms with E-state index in [1.807, 2.05) is 51.1 Å². The van der Waals surface area contributed by atoms with Gasteiger partial charge in [-0.1, -0.05) is 77.3 Å². The number of nitrogens with one attached hydrogen (secondary N) is 1. The van der Waals surface area contributed by atoms with Crippen LogP contribution in [-0.2, 0) is 32.6 Å². The molecule has 40 heavy (non-hydrogen) atoms. The van der Waals surface area contributed by atoms with E-state index in [-0.39, 0.29) is 34.6 Å². The Hall–Kier alpha value is -2.78. The summed E-state index contributed by atoms with van der Waals surface area (Å²) < 4.78 is 26.7. The Morgan fingerprint density at radius 2 is 1.48 bits per heavy atom. The van der Waals surface area contributed by atoms with E-state index in [1.54, 1.807) is 24.3 Å². The monoisotopic (exact) mass is 623 g/mol. The number of carbonyl (C=O) groups is 2. The van der Waals surface area contributed by atoms with Gasteiger partial charge in [0.15, 0.2) is 0 Å². The van der Waals surface area contributed by atoms with E-state index in [0.29, 0.717) is 10.6 Å². The summed E-state index contributed by atoms with van der Waals surface area (Å²) in [4.78, 5) is 29.2. The fourth-order valence-electron chi connectivity index (χ4n) is 4.07. The largest absolute Gasteiger partial charge is 0.350 e. The lowest BCUT2D eigenvalue weighted by atomic mass is 10.0. The summed E-state index contributed by atoms with van der Waals surface area (Å²) >= 11 is 18.5.